The van der Waals surface area contributed by atoms with E-state index in [0.717, 1.165) is 59.3 Å². The molecule has 0 aliphatic carbocycles. The highest BCUT2D eigenvalue weighted by molar-refractivity contribution is 6.35. The molecular formula is C22H22Cl2N4. The van der Waals surface area contributed by atoms with Crippen molar-refractivity contribution in [1.82, 2.24) is 9.97 Å². The number of benzene rings is 2. The Morgan fingerprint density at radius 3 is 2.46 bits per heavy atom. The smallest absolute Gasteiger partial charge is 0.225 e. The van der Waals surface area contributed by atoms with Crippen LogP contribution in [0.5, 0.6) is 0 Å². The zero-order chi connectivity index (χ0) is 19.5. The highest BCUT2D eigenvalue weighted by Crippen LogP contribution is 2.36. The maximum atomic E-state index is 6.70. The molecule has 0 saturated carbocycles. The third kappa shape index (κ3) is 4.08. The first-order chi connectivity index (χ1) is 13.6. The molecule has 0 unspecified atom stereocenters. The third-order valence-electron chi connectivity index (χ3n) is 5.21. The first-order valence-electron chi connectivity index (χ1n) is 9.45. The molecule has 1 aromatic heterocycles. The zero-order valence-electron chi connectivity index (χ0n) is 15.7. The molecule has 2 heterocycles. The Balaban J connectivity index is 1.45. The summed E-state index contributed by atoms with van der Waals surface area (Å²) in [6.07, 6.45) is 5.65. The molecular weight excluding hydrogens is 391 g/mol. The van der Waals surface area contributed by atoms with Crippen LogP contribution in [0.4, 0.5) is 11.6 Å². The number of halogens is 2. The average Bonchev–Trinajstić information content (AvgIpc) is 2.73. The first-order valence-corrected chi connectivity index (χ1v) is 10.2. The van der Waals surface area contributed by atoms with Crippen LogP contribution in [0.15, 0.2) is 54.9 Å². The van der Waals surface area contributed by atoms with Gasteiger partial charge >= 0.3 is 0 Å². The van der Waals surface area contributed by atoms with E-state index in [0.29, 0.717) is 11.1 Å². The summed E-state index contributed by atoms with van der Waals surface area (Å²) in [4.78, 5) is 10.9. The molecule has 28 heavy (non-hydrogen) atoms. The molecule has 3 aromatic rings. The molecule has 1 saturated heterocycles. The van der Waals surface area contributed by atoms with Crippen LogP contribution in [-0.2, 0) is 0 Å². The highest BCUT2D eigenvalue weighted by Gasteiger charge is 2.21. The van der Waals surface area contributed by atoms with E-state index in [1.807, 2.05) is 30.3 Å². The first kappa shape index (κ1) is 19.0. The van der Waals surface area contributed by atoms with E-state index in [-0.39, 0.29) is 0 Å². The lowest BCUT2D eigenvalue weighted by Gasteiger charge is -2.33. The third-order valence-corrected chi connectivity index (χ3v) is 5.93. The van der Waals surface area contributed by atoms with Crippen molar-refractivity contribution in [3.63, 3.8) is 0 Å². The van der Waals surface area contributed by atoms with Crippen molar-refractivity contribution in [3.8, 4) is 11.1 Å². The number of aromatic nitrogens is 2. The number of rotatable bonds is 4. The molecule has 6 heteroatoms. The predicted molar refractivity (Wildman–Crippen MR) is 118 cm³/mol. The van der Waals surface area contributed by atoms with Crippen LogP contribution in [0.25, 0.3) is 11.1 Å². The summed E-state index contributed by atoms with van der Waals surface area (Å²) in [6, 6.07) is 14.2. The molecule has 4 rings (SSSR count). The summed E-state index contributed by atoms with van der Waals surface area (Å²) in [5, 5.41) is 5.15. The zero-order valence-corrected chi connectivity index (χ0v) is 17.2. The van der Waals surface area contributed by atoms with Crippen LogP contribution in [0, 0.1) is 6.92 Å². The number of hydrogen-bond acceptors (Lipinski definition) is 4. The van der Waals surface area contributed by atoms with E-state index in [4.69, 9.17) is 23.2 Å². The van der Waals surface area contributed by atoms with Crippen LogP contribution in [0.3, 0.4) is 0 Å². The second-order valence-electron chi connectivity index (χ2n) is 7.06. The van der Waals surface area contributed by atoms with Gasteiger partial charge in [-0.2, -0.15) is 0 Å². The van der Waals surface area contributed by atoms with Crippen molar-refractivity contribution < 1.29 is 0 Å². The quantitative estimate of drug-likeness (QED) is 0.584. The Hall–Kier alpha value is -2.30. The summed E-state index contributed by atoms with van der Waals surface area (Å²) in [6.45, 7) is 3.94. The molecule has 0 bridgehead atoms. The van der Waals surface area contributed by atoms with Crippen LogP contribution < -0.4 is 10.2 Å². The molecule has 0 radical (unpaired) electrons. The van der Waals surface area contributed by atoms with E-state index in [9.17, 15) is 0 Å². The van der Waals surface area contributed by atoms with Gasteiger partial charge in [-0.3, -0.25) is 0 Å². The Labute approximate surface area is 175 Å². The van der Waals surface area contributed by atoms with Gasteiger partial charge in [0.1, 0.15) is 0 Å². The SMILES string of the molecule is Cc1c(NC2CCN(c3ncccn3)CC2)ccc(-c2cccc(Cl)c2)c1Cl. The van der Waals surface area contributed by atoms with Gasteiger partial charge in [-0.25, -0.2) is 9.97 Å². The standard InChI is InChI=1S/C22H22Cl2N4/c1-15-20(7-6-19(21(15)24)16-4-2-5-17(23)14-16)27-18-8-12-28(13-9-18)22-25-10-3-11-26-22/h2-7,10-11,14,18,27H,8-9,12-13H2,1H3. The van der Waals surface area contributed by atoms with Gasteiger partial charge < -0.3 is 10.2 Å². The highest BCUT2D eigenvalue weighted by atomic mass is 35.5. The van der Waals surface area contributed by atoms with Crippen molar-refractivity contribution >= 4 is 34.8 Å². The number of piperidine rings is 1. The molecule has 1 aliphatic rings. The van der Waals surface area contributed by atoms with Gasteiger partial charge in [0.05, 0.1) is 5.02 Å². The lowest BCUT2D eigenvalue weighted by Crippen LogP contribution is -2.40. The van der Waals surface area contributed by atoms with Crippen molar-refractivity contribution in [2.24, 2.45) is 0 Å². The van der Waals surface area contributed by atoms with E-state index < -0.39 is 0 Å². The maximum Gasteiger partial charge on any atom is 0.225 e. The van der Waals surface area contributed by atoms with Crippen molar-refractivity contribution in [2.75, 3.05) is 23.3 Å². The largest absolute Gasteiger partial charge is 0.382 e. The number of nitrogens with one attached hydrogen (secondary N) is 1. The Morgan fingerprint density at radius 1 is 1.00 bits per heavy atom. The minimum Gasteiger partial charge on any atom is -0.382 e. The van der Waals surface area contributed by atoms with Gasteiger partial charge in [-0.1, -0.05) is 41.4 Å². The van der Waals surface area contributed by atoms with Gasteiger partial charge in [0.15, 0.2) is 0 Å². The second-order valence-corrected chi connectivity index (χ2v) is 7.88. The molecule has 2 aromatic carbocycles. The molecule has 1 aliphatic heterocycles. The van der Waals surface area contributed by atoms with E-state index >= 15 is 0 Å². The summed E-state index contributed by atoms with van der Waals surface area (Å²) < 4.78 is 0. The van der Waals surface area contributed by atoms with E-state index in [1.54, 1.807) is 12.4 Å². The molecule has 4 nitrogen and oxygen atoms in total. The van der Waals surface area contributed by atoms with Gasteiger partial charge in [-0.05, 0) is 55.2 Å². The minimum atomic E-state index is 0.409. The summed E-state index contributed by atoms with van der Waals surface area (Å²) >= 11 is 12.8. The van der Waals surface area contributed by atoms with E-state index in [2.05, 4.69) is 39.2 Å². The lowest BCUT2D eigenvalue weighted by atomic mass is 10.0. The van der Waals surface area contributed by atoms with Crippen LogP contribution in [0.1, 0.15) is 18.4 Å². The number of anilines is 2. The predicted octanol–water partition coefficient (Wildman–Crippen LogP) is 5.84. The molecule has 1 N–H and O–H groups in total. The molecule has 0 spiro atoms. The van der Waals surface area contributed by atoms with Gasteiger partial charge in [0.2, 0.25) is 5.95 Å². The molecule has 0 amide bonds. The number of nitrogens with zero attached hydrogens (tertiary/aromatic N) is 3. The fourth-order valence-electron chi connectivity index (χ4n) is 3.62. The lowest BCUT2D eigenvalue weighted by molar-refractivity contribution is 0.520. The van der Waals surface area contributed by atoms with Crippen molar-refractivity contribution in [1.29, 1.82) is 0 Å². The normalized spacial score (nSPS) is 14.9. The van der Waals surface area contributed by atoms with Crippen molar-refractivity contribution in [3.05, 3.63) is 70.5 Å². The minimum absolute atomic E-state index is 0.409. The fourth-order valence-corrected chi connectivity index (χ4v) is 4.08. The van der Waals surface area contributed by atoms with Crippen LogP contribution in [-0.4, -0.2) is 29.1 Å². The topological polar surface area (TPSA) is 41.0 Å². The second kappa shape index (κ2) is 8.38. The summed E-state index contributed by atoms with van der Waals surface area (Å²) in [5.74, 6) is 0.811. The maximum absolute atomic E-state index is 6.70. The number of hydrogen-bond donors (Lipinski definition) is 1. The van der Waals surface area contributed by atoms with Gasteiger partial charge in [-0.15, -0.1) is 0 Å². The summed E-state index contributed by atoms with van der Waals surface area (Å²) in [7, 11) is 0. The van der Waals surface area contributed by atoms with Crippen LogP contribution in [0.2, 0.25) is 10.0 Å². The van der Waals surface area contributed by atoms with Gasteiger partial charge in [0.25, 0.3) is 0 Å². The molecule has 1 fully saturated rings. The molecule has 0 atom stereocenters. The Kier molecular flexibility index (Phi) is 5.69. The van der Waals surface area contributed by atoms with Crippen LogP contribution >= 0.6 is 23.2 Å². The monoisotopic (exact) mass is 412 g/mol. The summed E-state index contributed by atoms with van der Waals surface area (Å²) in [5.41, 5.74) is 4.18. The van der Waals surface area contributed by atoms with Gasteiger partial charge in [0, 0.05) is 47.8 Å². The van der Waals surface area contributed by atoms with Crippen molar-refractivity contribution in [2.45, 2.75) is 25.8 Å². The van der Waals surface area contributed by atoms with E-state index in [1.165, 1.54) is 0 Å². The fraction of sp³-hybridized carbons (Fsp3) is 0.273. The Morgan fingerprint density at radius 2 is 1.75 bits per heavy atom. The average molecular weight is 413 g/mol. The Bertz CT molecular complexity index is 954. The molecule has 144 valence electrons.